The van der Waals surface area contributed by atoms with Gasteiger partial charge in [-0.05, 0) is 38.1 Å². The molecule has 0 saturated heterocycles. The Hall–Kier alpha value is -4.37. The summed E-state index contributed by atoms with van der Waals surface area (Å²) in [4.78, 5) is 25.2. The molecule has 0 spiro atoms. The van der Waals surface area contributed by atoms with Crippen molar-refractivity contribution in [1.82, 2.24) is 19.5 Å². The second kappa shape index (κ2) is 8.53. The van der Waals surface area contributed by atoms with E-state index in [1.54, 1.807) is 19.9 Å². The Balaban J connectivity index is 1.79. The Bertz CT molecular complexity index is 1640. The lowest BCUT2D eigenvalue weighted by molar-refractivity contribution is 0.593. The number of hydrogen-bond donors (Lipinski definition) is 2. The molecule has 0 aliphatic rings. The van der Waals surface area contributed by atoms with Crippen LogP contribution >= 0.6 is 0 Å². The van der Waals surface area contributed by atoms with Crippen molar-refractivity contribution in [1.29, 1.82) is 5.26 Å². The fraction of sp³-hybridized carbons (Fsp3) is 0.136. The van der Waals surface area contributed by atoms with Gasteiger partial charge in [-0.2, -0.15) is 10.2 Å². The Morgan fingerprint density at radius 3 is 2.59 bits per heavy atom. The number of benzene rings is 2. The normalized spacial score (nSPS) is 11.5. The van der Waals surface area contributed by atoms with Crippen LogP contribution in [-0.4, -0.2) is 27.9 Å². The molecule has 0 unspecified atom stereocenters. The fourth-order valence-corrected chi connectivity index (χ4v) is 4.65. The van der Waals surface area contributed by atoms with Crippen molar-refractivity contribution in [2.24, 2.45) is 0 Å². The molecule has 4 aromatic rings. The number of nitrogens with two attached hydrogens (primary N) is 1. The first kappa shape index (κ1) is 22.8. The third kappa shape index (κ3) is 4.04. The van der Waals surface area contributed by atoms with E-state index >= 15 is 0 Å². The van der Waals surface area contributed by atoms with E-state index in [4.69, 9.17) is 5.73 Å². The number of nitrogen functional groups attached to an aromatic ring is 1. The molecule has 0 aliphatic carbocycles. The van der Waals surface area contributed by atoms with Gasteiger partial charge in [0.05, 0.1) is 17.4 Å². The van der Waals surface area contributed by atoms with Crippen molar-refractivity contribution in [3.8, 4) is 17.3 Å². The minimum absolute atomic E-state index is 0.0171. The number of hydrogen-bond acceptors (Lipinski definition) is 8. The van der Waals surface area contributed by atoms with Crippen molar-refractivity contribution in [3.63, 3.8) is 0 Å². The lowest BCUT2D eigenvalue weighted by atomic mass is 10.1. The van der Waals surface area contributed by atoms with E-state index < -0.39 is 21.4 Å². The Morgan fingerprint density at radius 1 is 1.18 bits per heavy atom. The molecule has 2 aromatic carbocycles. The van der Waals surface area contributed by atoms with E-state index in [9.17, 15) is 22.9 Å². The van der Waals surface area contributed by atoms with Gasteiger partial charge in [0.25, 0.3) is 15.6 Å². The lowest BCUT2D eigenvalue weighted by Crippen LogP contribution is -2.26. The molecular weight excluding hydrogens is 461 g/mol. The van der Waals surface area contributed by atoms with Crippen molar-refractivity contribution in [3.05, 3.63) is 70.4 Å². The summed E-state index contributed by atoms with van der Waals surface area (Å²) in [6, 6.07) is 10.6. The minimum Gasteiger partial charge on any atom is -0.368 e. The zero-order valence-electron chi connectivity index (χ0n) is 18.0. The quantitative estimate of drug-likeness (QED) is 0.442. The van der Waals surface area contributed by atoms with Gasteiger partial charge in [-0.1, -0.05) is 18.2 Å². The van der Waals surface area contributed by atoms with Crippen LogP contribution < -0.4 is 16.0 Å². The molecule has 0 amide bonds. The van der Waals surface area contributed by atoms with Gasteiger partial charge in [0.1, 0.15) is 28.0 Å². The predicted octanol–water partition coefficient (Wildman–Crippen LogP) is 2.83. The van der Waals surface area contributed by atoms with Crippen molar-refractivity contribution < 1.29 is 12.8 Å². The highest BCUT2D eigenvalue weighted by Gasteiger charge is 2.21. The number of aromatic nitrogens is 4. The first-order valence-corrected chi connectivity index (χ1v) is 11.5. The number of nitrogens with one attached hydrogen (secondary N) is 1. The van der Waals surface area contributed by atoms with Gasteiger partial charge in [0, 0.05) is 11.6 Å². The summed E-state index contributed by atoms with van der Waals surface area (Å²) in [5.41, 5.74) is 5.32. The third-order valence-electron chi connectivity index (χ3n) is 4.95. The summed E-state index contributed by atoms with van der Waals surface area (Å²) in [6.07, 6.45) is 1.37. The maximum atomic E-state index is 15.0. The molecule has 0 bridgehead atoms. The highest BCUT2D eigenvalue weighted by Crippen LogP contribution is 2.26. The van der Waals surface area contributed by atoms with Gasteiger partial charge >= 0.3 is 0 Å². The Morgan fingerprint density at radius 2 is 1.91 bits per heavy atom. The molecule has 3 N–H and O–H groups in total. The van der Waals surface area contributed by atoms with Crippen LogP contribution in [0.25, 0.3) is 22.4 Å². The first-order valence-electron chi connectivity index (χ1n) is 9.99. The fourth-order valence-electron chi connectivity index (χ4n) is 3.42. The molecule has 2 heterocycles. The number of halogens is 1. The van der Waals surface area contributed by atoms with Gasteiger partial charge < -0.3 is 5.73 Å². The van der Waals surface area contributed by atoms with Crippen molar-refractivity contribution in [2.45, 2.75) is 24.8 Å². The minimum atomic E-state index is -4.24. The molecule has 2 aromatic heterocycles. The smallest absolute Gasteiger partial charge is 0.278 e. The molecule has 172 valence electrons. The molecule has 0 saturated carbocycles. The first-order chi connectivity index (χ1) is 16.1. The third-order valence-corrected chi connectivity index (χ3v) is 6.37. The van der Waals surface area contributed by atoms with E-state index in [0.29, 0.717) is 0 Å². The lowest BCUT2D eigenvalue weighted by Gasteiger charge is -2.15. The maximum Gasteiger partial charge on any atom is 0.278 e. The van der Waals surface area contributed by atoms with Gasteiger partial charge in [0.15, 0.2) is 5.65 Å². The maximum absolute atomic E-state index is 15.0. The largest absolute Gasteiger partial charge is 0.368 e. The summed E-state index contributed by atoms with van der Waals surface area (Å²) in [7, 11) is -4.24. The number of nitrogens with zero attached hydrogens (tertiary/aromatic N) is 5. The van der Waals surface area contributed by atoms with Crippen LogP contribution in [-0.2, 0) is 10.0 Å². The SMILES string of the molecule is CC(C)n1c(=O)c(-c2ccc(NS(=O)(=O)c3ccccc3C#N)c(F)c2)nc2cnc(N)nc21. The molecule has 4 rings (SSSR count). The molecule has 0 fully saturated rings. The topological polar surface area (TPSA) is 157 Å². The summed E-state index contributed by atoms with van der Waals surface area (Å²) in [5, 5.41) is 9.17. The molecule has 0 radical (unpaired) electrons. The van der Waals surface area contributed by atoms with Gasteiger partial charge in [-0.25, -0.2) is 22.8 Å². The number of fused-ring (bicyclic) bond motifs is 1. The van der Waals surface area contributed by atoms with Crippen LogP contribution in [0.5, 0.6) is 0 Å². The second-order valence-electron chi connectivity index (χ2n) is 7.57. The van der Waals surface area contributed by atoms with Crippen LogP contribution in [0.2, 0.25) is 0 Å². The summed E-state index contributed by atoms with van der Waals surface area (Å²) in [6.45, 7) is 3.56. The number of sulfonamides is 1. The van der Waals surface area contributed by atoms with Gasteiger partial charge in [-0.3, -0.25) is 14.1 Å². The standard InChI is InChI=1S/C22H18FN7O3S/c1-12(2)30-20-17(11-26-22(25)28-20)27-19(21(30)31)13-7-8-16(15(23)9-13)29-34(32,33)18-6-4-3-5-14(18)10-24/h3-9,11-12,29H,1-2H3,(H2,25,26,28). The van der Waals surface area contributed by atoms with E-state index in [-0.39, 0.29) is 50.6 Å². The Kier molecular flexibility index (Phi) is 5.72. The van der Waals surface area contributed by atoms with E-state index in [0.717, 1.165) is 6.07 Å². The predicted molar refractivity (Wildman–Crippen MR) is 124 cm³/mol. The van der Waals surface area contributed by atoms with Crippen LogP contribution in [0.3, 0.4) is 0 Å². The number of nitriles is 1. The molecule has 0 aliphatic heterocycles. The highest BCUT2D eigenvalue weighted by molar-refractivity contribution is 7.92. The molecular formula is C22H18FN7O3S. The van der Waals surface area contributed by atoms with Crippen LogP contribution in [0.1, 0.15) is 25.5 Å². The molecule has 10 nitrogen and oxygen atoms in total. The molecule has 0 atom stereocenters. The second-order valence-corrected chi connectivity index (χ2v) is 9.23. The number of anilines is 2. The van der Waals surface area contributed by atoms with Gasteiger partial charge in [0.2, 0.25) is 5.95 Å². The highest BCUT2D eigenvalue weighted by atomic mass is 32.2. The monoisotopic (exact) mass is 479 g/mol. The zero-order valence-corrected chi connectivity index (χ0v) is 18.8. The average molecular weight is 479 g/mol. The van der Waals surface area contributed by atoms with E-state index in [1.807, 2.05) is 0 Å². The van der Waals surface area contributed by atoms with Crippen molar-refractivity contribution >= 4 is 32.8 Å². The van der Waals surface area contributed by atoms with Crippen LogP contribution in [0, 0.1) is 17.1 Å². The molecule has 34 heavy (non-hydrogen) atoms. The summed E-state index contributed by atoms with van der Waals surface area (Å²) < 4.78 is 43.9. The van der Waals surface area contributed by atoms with Gasteiger partial charge in [-0.15, -0.1) is 0 Å². The van der Waals surface area contributed by atoms with Crippen molar-refractivity contribution in [2.75, 3.05) is 10.5 Å². The van der Waals surface area contributed by atoms with Crippen LogP contribution in [0.15, 0.2) is 58.4 Å². The summed E-state index contributed by atoms with van der Waals surface area (Å²) in [5.74, 6) is -0.946. The average Bonchev–Trinajstić information content (AvgIpc) is 2.79. The Labute approximate surface area is 193 Å². The molecule has 12 heteroatoms. The van der Waals surface area contributed by atoms with E-state index in [2.05, 4.69) is 19.7 Å². The number of rotatable bonds is 5. The zero-order chi connectivity index (χ0) is 24.6. The van der Waals surface area contributed by atoms with E-state index in [1.165, 1.54) is 47.2 Å². The summed E-state index contributed by atoms with van der Waals surface area (Å²) >= 11 is 0. The van der Waals surface area contributed by atoms with Crippen LogP contribution in [0.4, 0.5) is 16.0 Å².